The van der Waals surface area contributed by atoms with E-state index >= 15 is 0 Å². The SMILES string of the molecule is CSCC1=NC=[N+]N1. The van der Waals surface area contributed by atoms with Crippen LogP contribution < -0.4 is 10.5 Å². The Hall–Kier alpha value is -0.510. The summed E-state index contributed by atoms with van der Waals surface area (Å²) in [7, 11) is 0. The van der Waals surface area contributed by atoms with Crippen LogP contribution >= 0.6 is 11.8 Å². The number of thioether (sulfide) groups is 1. The number of hydrazone groups is 1. The van der Waals surface area contributed by atoms with Crippen molar-refractivity contribution in [3.05, 3.63) is 0 Å². The zero-order valence-corrected chi connectivity index (χ0v) is 5.40. The fourth-order valence-electron chi connectivity index (χ4n) is 0.437. The lowest BCUT2D eigenvalue weighted by molar-refractivity contribution is 0.945. The Labute approximate surface area is 52.3 Å². The first-order chi connectivity index (χ1) is 3.93. The summed E-state index contributed by atoms with van der Waals surface area (Å²) in [4.78, 5) is 3.92. The van der Waals surface area contributed by atoms with Crippen molar-refractivity contribution < 1.29 is 0 Å². The standard InChI is InChI=1S/C4H7N3S/c1-8-2-4-5-3-6-7-4/h3H,2H2,1H3,(H,5,7)/q+1. The molecule has 0 unspecified atom stereocenters. The highest BCUT2D eigenvalue weighted by Gasteiger charge is 2.09. The summed E-state index contributed by atoms with van der Waals surface area (Å²) in [5, 5.41) is 3.69. The van der Waals surface area contributed by atoms with Crippen LogP contribution in [0.4, 0.5) is 0 Å². The first-order valence-electron chi connectivity index (χ1n) is 2.26. The maximum atomic E-state index is 3.92. The van der Waals surface area contributed by atoms with Crippen molar-refractivity contribution in [3.8, 4) is 0 Å². The molecule has 0 bridgehead atoms. The van der Waals surface area contributed by atoms with Crippen molar-refractivity contribution in [2.75, 3.05) is 12.0 Å². The van der Waals surface area contributed by atoms with Gasteiger partial charge in [-0.25, -0.2) is 0 Å². The number of rotatable bonds is 2. The van der Waals surface area contributed by atoms with Crippen LogP contribution in [0.5, 0.6) is 0 Å². The van der Waals surface area contributed by atoms with Crippen LogP contribution in [0.25, 0.3) is 0 Å². The average Bonchev–Trinajstić information content (AvgIpc) is 2.19. The molecular formula is C4H7N3S+. The maximum Gasteiger partial charge on any atom is 0.354 e. The molecule has 0 amide bonds. The molecule has 3 nitrogen and oxygen atoms in total. The topological polar surface area (TPSA) is 38.5 Å². The van der Waals surface area contributed by atoms with Crippen molar-refractivity contribution in [3.63, 3.8) is 0 Å². The molecule has 0 saturated heterocycles. The molecule has 1 rings (SSSR count). The molecule has 1 N–H and O–H groups in total. The highest BCUT2D eigenvalue weighted by Crippen LogP contribution is 1.91. The van der Waals surface area contributed by atoms with E-state index in [0.717, 1.165) is 11.6 Å². The molecule has 4 heteroatoms. The summed E-state index contributed by atoms with van der Waals surface area (Å²) in [5.41, 5.74) is 2.76. The van der Waals surface area contributed by atoms with E-state index in [1.54, 1.807) is 11.8 Å². The van der Waals surface area contributed by atoms with Gasteiger partial charge in [-0.1, -0.05) is 0 Å². The molecule has 0 saturated carbocycles. The van der Waals surface area contributed by atoms with Crippen molar-refractivity contribution in [1.82, 2.24) is 10.5 Å². The lowest BCUT2D eigenvalue weighted by atomic mass is 10.7. The molecule has 0 atom stereocenters. The monoisotopic (exact) mass is 129 g/mol. The molecule has 43 valence electrons. The lowest BCUT2D eigenvalue weighted by Gasteiger charge is -1.84. The summed E-state index contributed by atoms with van der Waals surface area (Å²) < 4.78 is 0. The molecule has 1 radical (unpaired) electrons. The Morgan fingerprint density at radius 3 is 3.38 bits per heavy atom. The fraction of sp³-hybridized carbons (Fsp3) is 0.500. The van der Waals surface area contributed by atoms with Crippen molar-refractivity contribution in [1.29, 1.82) is 0 Å². The number of nitrogens with zero attached hydrogens (tertiary/aromatic N) is 2. The zero-order chi connectivity index (χ0) is 5.82. The van der Waals surface area contributed by atoms with Crippen LogP contribution in [0, 0.1) is 0 Å². The minimum atomic E-state index is 0.917. The van der Waals surface area contributed by atoms with E-state index in [1.165, 1.54) is 6.34 Å². The van der Waals surface area contributed by atoms with Gasteiger partial charge in [0.1, 0.15) is 0 Å². The predicted molar refractivity (Wildman–Crippen MR) is 37.2 cm³/mol. The van der Waals surface area contributed by atoms with Crippen molar-refractivity contribution in [2.24, 2.45) is 4.99 Å². The summed E-state index contributed by atoms with van der Waals surface area (Å²) in [6.45, 7) is 0. The summed E-state index contributed by atoms with van der Waals surface area (Å²) in [6, 6.07) is 0. The van der Waals surface area contributed by atoms with Gasteiger partial charge in [0.05, 0.1) is 10.9 Å². The van der Waals surface area contributed by atoms with Gasteiger partial charge in [0.2, 0.25) is 0 Å². The van der Waals surface area contributed by atoms with E-state index in [9.17, 15) is 0 Å². The van der Waals surface area contributed by atoms with Crippen molar-refractivity contribution in [2.45, 2.75) is 0 Å². The minimum absolute atomic E-state index is 0.917. The Kier molecular flexibility index (Phi) is 1.91. The van der Waals surface area contributed by atoms with Crippen LogP contribution in [0.3, 0.4) is 0 Å². The Balaban J connectivity index is 2.28. The second-order valence-electron chi connectivity index (χ2n) is 1.37. The molecule has 0 aromatic carbocycles. The number of aliphatic imine (C=N–C) groups is 1. The summed E-state index contributed by atoms with van der Waals surface area (Å²) in [5.74, 6) is 1.86. The van der Waals surface area contributed by atoms with E-state index in [4.69, 9.17) is 0 Å². The Morgan fingerprint density at radius 1 is 2.00 bits per heavy atom. The summed E-state index contributed by atoms with van der Waals surface area (Å²) >= 11 is 1.73. The van der Waals surface area contributed by atoms with Gasteiger partial charge in [-0.3, -0.25) is 0 Å². The van der Waals surface area contributed by atoms with Crippen LogP contribution in [0.2, 0.25) is 0 Å². The molecule has 0 fully saturated rings. The van der Waals surface area contributed by atoms with Gasteiger partial charge in [0.15, 0.2) is 0 Å². The normalized spacial score (nSPS) is 15.9. The molecule has 0 aromatic rings. The van der Waals surface area contributed by atoms with Gasteiger partial charge in [-0.05, 0) is 11.2 Å². The summed E-state index contributed by atoms with van der Waals surface area (Å²) in [6.07, 6.45) is 3.55. The van der Waals surface area contributed by atoms with Crippen LogP contribution in [-0.2, 0) is 0 Å². The largest absolute Gasteiger partial charge is 0.354 e. The van der Waals surface area contributed by atoms with Gasteiger partial charge in [0, 0.05) is 0 Å². The molecule has 1 aliphatic heterocycles. The van der Waals surface area contributed by atoms with E-state index in [0.29, 0.717) is 0 Å². The van der Waals surface area contributed by atoms with E-state index in [-0.39, 0.29) is 0 Å². The van der Waals surface area contributed by atoms with Gasteiger partial charge in [-0.15, -0.1) is 5.43 Å². The first-order valence-corrected chi connectivity index (χ1v) is 3.66. The lowest BCUT2D eigenvalue weighted by Crippen LogP contribution is -2.21. The Morgan fingerprint density at radius 2 is 2.88 bits per heavy atom. The number of nitrogens with one attached hydrogen (secondary N) is 1. The van der Waals surface area contributed by atoms with Gasteiger partial charge < -0.3 is 0 Å². The molecular weight excluding hydrogens is 122 g/mol. The van der Waals surface area contributed by atoms with Crippen molar-refractivity contribution >= 4 is 23.9 Å². The number of hydrogen-bond acceptors (Lipinski definition) is 4. The smallest absolute Gasteiger partial charge is 0.155 e. The highest BCUT2D eigenvalue weighted by atomic mass is 32.2. The molecule has 0 spiro atoms. The number of hydrogen-bond donors (Lipinski definition) is 1. The van der Waals surface area contributed by atoms with Crippen LogP contribution in [0.1, 0.15) is 0 Å². The molecule has 1 heterocycles. The van der Waals surface area contributed by atoms with Gasteiger partial charge in [0.25, 0.3) is 5.84 Å². The first kappa shape index (κ1) is 5.62. The minimum Gasteiger partial charge on any atom is -0.155 e. The number of amidine groups is 1. The average molecular weight is 129 g/mol. The second kappa shape index (κ2) is 2.71. The second-order valence-corrected chi connectivity index (χ2v) is 2.23. The molecule has 1 aliphatic rings. The van der Waals surface area contributed by atoms with E-state index in [2.05, 4.69) is 15.5 Å². The molecule has 0 aromatic heterocycles. The molecule has 8 heavy (non-hydrogen) atoms. The van der Waals surface area contributed by atoms with E-state index in [1.807, 2.05) is 6.26 Å². The van der Waals surface area contributed by atoms with Crippen LogP contribution in [-0.4, -0.2) is 24.2 Å². The molecule has 0 aliphatic carbocycles. The third-order valence-electron chi connectivity index (χ3n) is 0.746. The highest BCUT2D eigenvalue weighted by molar-refractivity contribution is 7.99. The van der Waals surface area contributed by atoms with Crippen LogP contribution in [0.15, 0.2) is 4.99 Å². The quantitative estimate of drug-likeness (QED) is 0.552. The fourth-order valence-corrected chi connectivity index (χ4v) is 0.850. The maximum absolute atomic E-state index is 3.92. The Bertz CT molecular complexity index is 129. The van der Waals surface area contributed by atoms with Gasteiger partial charge in [-0.2, -0.15) is 11.8 Å². The third kappa shape index (κ3) is 1.23. The predicted octanol–water partition coefficient (Wildman–Crippen LogP) is -0.370. The van der Waals surface area contributed by atoms with Gasteiger partial charge >= 0.3 is 6.34 Å². The zero-order valence-electron chi connectivity index (χ0n) is 4.59. The van der Waals surface area contributed by atoms with E-state index < -0.39 is 0 Å². The third-order valence-corrected chi connectivity index (χ3v) is 1.31.